The van der Waals surface area contributed by atoms with E-state index in [0.29, 0.717) is 32.8 Å². The van der Waals surface area contributed by atoms with E-state index in [2.05, 4.69) is 12.2 Å². The van der Waals surface area contributed by atoms with Crippen LogP contribution in [0.5, 0.6) is 0 Å². The summed E-state index contributed by atoms with van der Waals surface area (Å²) in [6.45, 7) is 4.59. The molecule has 1 aliphatic carbocycles. The Morgan fingerprint density at radius 3 is 2.42 bits per heavy atom. The molecule has 2 rings (SSSR count). The maximum absolute atomic E-state index is 12.3. The lowest BCUT2D eigenvalue weighted by molar-refractivity contribution is -0.137. The summed E-state index contributed by atoms with van der Waals surface area (Å²) in [4.78, 5) is 27.4. The third-order valence-electron chi connectivity index (χ3n) is 3.74. The molecule has 1 atom stereocenters. The van der Waals surface area contributed by atoms with Crippen molar-refractivity contribution in [1.82, 2.24) is 9.80 Å². The third kappa shape index (κ3) is 3.49. The second-order valence-electron chi connectivity index (χ2n) is 4.99. The van der Waals surface area contributed by atoms with Gasteiger partial charge in [-0.05, 0) is 26.2 Å². The second kappa shape index (κ2) is 6.59. The van der Waals surface area contributed by atoms with E-state index in [4.69, 9.17) is 4.74 Å². The van der Waals surface area contributed by atoms with Crippen LogP contribution < -0.4 is 0 Å². The maximum Gasteiger partial charge on any atom is 0.409 e. The van der Waals surface area contributed by atoms with Gasteiger partial charge in [0.2, 0.25) is 5.91 Å². The fourth-order valence-electron chi connectivity index (χ4n) is 2.60. The summed E-state index contributed by atoms with van der Waals surface area (Å²) in [6, 6.07) is 0. The summed E-state index contributed by atoms with van der Waals surface area (Å²) in [6.07, 6.45) is 6.78. The Morgan fingerprint density at radius 2 is 1.84 bits per heavy atom. The predicted molar refractivity (Wildman–Crippen MR) is 71.7 cm³/mol. The molecule has 1 heterocycles. The number of piperazine rings is 1. The molecule has 0 aromatic carbocycles. The zero-order valence-electron chi connectivity index (χ0n) is 11.5. The molecule has 1 fully saturated rings. The van der Waals surface area contributed by atoms with Gasteiger partial charge in [0, 0.05) is 32.1 Å². The van der Waals surface area contributed by atoms with Crippen molar-refractivity contribution < 1.29 is 14.3 Å². The Morgan fingerprint density at radius 1 is 1.16 bits per heavy atom. The number of carbonyl (C=O) groups is 2. The summed E-state index contributed by atoms with van der Waals surface area (Å²) in [5, 5.41) is 0. The first-order chi connectivity index (χ1) is 9.22. The molecule has 0 radical (unpaired) electrons. The molecule has 0 unspecified atom stereocenters. The molecule has 1 saturated heterocycles. The van der Waals surface area contributed by atoms with Crippen LogP contribution in [0, 0.1) is 5.92 Å². The highest BCUT2D eigenvalue weighted by atomic mass is 16.6. The molecule has 0 aromatic rings. The Labute approximate surface area is 114 Å². The van der Waals surface area contributed by atoms with Gasteiger partial charge >= 0.3 is 6.09 Å². The molecule has 2 amide bonds. The largest absolute Gasteiger partial charge is 0.450 e. The highest BCUT2D eigenvalue weighted by Gasteiger charge is 2.29. The van der Waals surface area contributed by atoms with Gasteiger partial charge < -0.3 is 14.5 Å². The van der Waals surface area contributed by atoms with E-state index >= 15 is 0 Å². The maximum atomic E-state index is 12.3. The Bertz CT molecular complexity index is 360. The lowest BCUT2D eigenvalue weighted by Crippen LogP contribution is -2.52. The first-order valence-electron chi connectivity index (χ1n) is 7.08. The van der Waals surface area contributed by atoms with Crippen molar-refractivity contribution in [2.75, 3.05) is 32.8 Å². The molecular weight excluding hydrogens is 244 g/mol. The lowest BCUT2D eigenvalue weighted by Gasteiger charge is -2.36. The van der Waals surface area contributed by atoms with Crippen molar-refractivity contribution in [3.63, 3.8) is 0 Å². The molecule has 19 heavy (non-hydrogen) atoms. The molecule has 0 spiro atoms. The minimum absolute atomic E-state index is 0.138. The van der Waals surface area contributed by atoms with E-state index in [0.717, 1.165) is 19.3 Å². The van der Waals surface area contributed by atoms with E-state index in [1.807, 2.05) is 4.90 Å². The van der Waals surface area contributed by atoms with Crippen LogP contribution >= 0.6 is 0 Å². The van der Waals surface area contributed by atoms with Crippen molar-refractivity contribution in [2.45, 2.75) is 26.2 Å². The average molecular weight is 266 g/mol. The number of hydrogen-bond donors (Lipinski definition) is 0. The Kier molecular flexibility index (Phi) is 4.82. The summed E-state index contributed by atoms with van der Waals surface area (Å²) < 4.78 is 4.97. The Hall–Kier alpha value is -1.52. The van der Waals surface area contributed by atoms with Crippen molar-refractivity contribution >= 4 is 12.0 Å². The lowest BCUT2D eigenvalue weighted by atomic mass is 9.93. The monoisotopic (exact) mass is 266 g/mol. The number of hydrogen-bond acceptors (Lipinski definition) is 3. The summed E-state index contributed by atoms with van der Waals surface area (Å²) in [7, 11) is 0. The zero-order valence-corrected chi connectivity index (χ0v) is 11.5. The van der Waals surface area contributed by atoms with Crippen molar-refractivity contribution in [1.29, 1.82) is 0 Å². The first kappa shape index (κ1) is 13.9. The van der Waals surface area contributed by atoms with Crippen LogP contribution in [0.25, 0.3) is 0 Å². The third-order valence-corrected chi connectivity index (χ3v) is 3.74. The molecule has 106 valence electrons. The number of nitrogens with zero attached hydrogens (tertiary/aromatic N) is 2. The highest BCUT2D eigenvalue weighted by Crippen LogP contribution is 2.21. The molecular formula is C14H22N2O3. The smallest absolute Gasteiger partial charge is 0.409 e. The van der Waals surface area contributed by atoms with Crippen molar-refractivity contribution in [3.05, 3.63) is 12.2 Å². The Balaban J connectivity index is 1.80. The molecule has 5 nitrogen and oxygen atoms in total. The number of ether oxygens (including phenoxy) is 1. The molecule has 0 aromatic heterocycles. The quantitative estimate of drug-likeness (QED) is 0.714. The van der Waals surface area contributed by atoms with Gasteiger partial charge in [0.1, 0.15) is 0 Å². The van der Waals surface area contributed by atoms with Crippen LogP contribution in [0.3, 0.4) is 0 Å². The fourth-order valence-corrected chi connectivity index (χ4v) is 2.60. The van der Waals surface area contributed by atoms with Gasteiger partial charge in [0.25, 0.3) is 0 Å². The molecule has 1 aliphatic heterocycles. The van der Waals surface area contributed by atoms with Crippen LogP contribution in [0.4, 0.5) is 4.79 Å². The minimum Gasteiger partial charge on any atom is -0.450 e. The van der Waals surface area contributed by atoms with Crippen LogP contribution in [0.2, 0.25) is 0 Å². The van der Waals surface area contributed by atoms with Gasteiger partial charge in [-0.2, -0.15) is 0 Å². The van der Waals surface area contributed by atoms with Gasteiger partial charge in [0.15, 0.2) is 0 Å². The van der Waals surface area contributed by atoms with Gasteiger partial charge in [-0.25, -0.2) is 4.79 Å². The molecule has 0 bridgehead atoms. The molecule has 0 N–H and O–H groups in total. The molecule has 5 heteroatoms. The SMILES string of the molecule is CCOC(=O)N1CCN(C(=O)[C@H]2CC=CCC2)CC1. The number of carbonyl (C=O) groups excluding carboxylic acids is 2. The van der Waals surface area contributed by atoms with E-state index in [9.17, 15) is 9.59 Å². The van der Waals surface area contributed by atoms with Gasteiger partial charge in [0.05, 0.1) is 6.61 Å². The van der Waals surface area contributed by atoms with Crippen molar-refractivity contribution in [3.8, 4) is 0 Å². The van der Waals surface area contributed by atoms with E-state index in [1.165, 1.54) is 0 Å². The predicted octanol–water partition coefficient (Wildman–Crippen LogP) is 1.64. The summed E-state index contributed by atoms with van der Waals surface area (Å²) in [5.41, 5.74) is 0. The number of amides is 2. The zero-order chi connectivity index (χ0) is 13.7. The fraction of sp³-hybridized carbons (Fsp3) is 0.714. The van der Waals surface area contributed by atoms with E-state index in [-0.39, 0.29) is 17.9 Å². The summed E-state index contributed by atoms with van der Waals surface area (Å²) in [5.74, 6) is 0.381. The van der Waals surface area contributed by atoms with Gasteiger partial charge in [-0.15, -0.1) is 0 Å². The number of allylic oxidation sites excluding steroid dienone is 2. The molecule has 2 aliphatic rings. The van der Waals surface area contributed by atoms with Crippen LogP contribution in [-0.4, -0.2) is 54.6 Å². The minimum atomic E-state index is -0.268. The van der Waals surface area contributed by atoms with Gasteiger partial charge in [-0.3, -0.25) is 4.79 Å². The van der Waals surface area contributed by atoms with Crippen LogP contribution in [-0.2, 0) is 9.53 Å². The topological polar surface area (TPSA) is 49.9 Å². The highest BCUT2D eigenvalue weighted by molar-refractivity contribution is 5.79. The first-order valence-corrected chi connectivity index (χ1v) is 7.08. The molecule has 0 saturated carbocycles. The van der Waals surface area contributed by atoms with Crippen LogP contribution in [0.15, 0.2) is 12.2 Å². The normalized spacial score (nSPS) is 23.3. The van der Waals surface area contributed by atoms with E-state index in [1.54, 1.807) is 11.8 Å². The van der Waals surface area contributed by atoms with Gasteiger partial charge in [-0.1, -0.05) is 12.2 Å². The average Bonchev–Trinajstić information content (AvgIpc) is 2.48. The van der Waals surface area contributed by atoms with E-state index < -0.39 is 0 Å². The second-order valence-corrected chi connectivity index (χ2v) is 4.99. The summed E-state index contributed by atoms with van der Waals surface area (Å²) >= 11 is 0. The van der Waals surface area contributed by atoms with Crippen molar-refractivity contribution in [2.24, 2.45) is 5.92 Å². The standard InChI is InChI=1S/C14H22N2O3/c1-2-19-14(18)16-10-8-15(9-11-16)13(17)12-6-4-3-5-7-12/h3-4,12H,2,5-11H2,1H3/t12-/m0/s1. The number of rotatable bonds is 2. The van der Waals surface area contributed by atoms with Crippen LogP contribution in [0.1, 0.15) is 26.2 Å².